The summed E-state index contributed by atoms with van der Waals surface area (Å²) in [5.74, 6) is 2.24. The third kappa shape index (κ3) is 4.24. The quantitative estimate of drug-likeness (QED) is 0.834. The largest absolute Gasteiger partial charge is 0.469 e. The van der Waals surface area contributed by atoms with Gasteiger partial charge in [0.1, 0.15) is 5.76 Å². The summed E-state index contributed by atoms with van der Waals surface area (Å²) < 4.78 is 21.1. The number of fused-ring (bicyclic) bond motifs is 1. The minimum absolute atomic E-state index is 0.157. The van der Waals surface area contributed by atoms with Gasteiger partial charge in [-0.05, 0) is 30.7 Å². The molecule has 0 radical (unpaired) electrons. The van der Waals surface area contributed by atoms with E-state index in [2.05, 4.69) is 5.32 Å². The lowest BCUT2D eigenvalue weighted by atomic mass is 10.2. The first-order chi connectivity index (χ1) is 12.2. The Bertz CT molecular complexity index is 728. The van der Waals surface area contributed by atoms with E-state index in [0.717, 1.165) is 22.6 Å². The Kier molecular flexibility index (Phi) is 5.45. The zero-order chi connectivity index (χ0) is 17.6. The molecule has 0 spiro atoms. The van der Waals surface area contributed by atoms with Crippen LogP contribution >= 0.6 is 0 Å². The minimum atomic E-state index is -0.157. The Morgan fingerprint density at radius 3 is 2.88 bits per heavy atom. The van der Waals surface area contributed by atoms with Crippen molar-refractivity contribution in [2.45, 2.75) is 20.0 Å². The molecule has 0 unspecified atom stereocenters. The van der Waals surface area contributed by atoms with Crippen molar-refractivity contribution in [2.24, 2.45) is 0 Å². The van der Waals surface area contributed by atoms with Crippen LogP contribution in [-0.2, 0) is 17.8 Å². The first kappa shape index (κ1) is 17.2. The molecule has 0 saturated carbocycles. The SMILES string of the molecule is COCCN(Cc1ccc2c(c1)OCO2)C(=O)NCc1ccoc1C. The predicted molar refractivity (Wildman–Crippen MR) is 90.5 cm³/mol. The lowest BCUT2D eigenvalue weighted by Crippen LogP contribution is -2.41. The highest BCUT2D eigenvalue weighted by Gasteiger charge is 2.17. The summed E-state index contributed by atoms with van der Waals surface area (Å²) >= 11 is 0. The minimum Gasteiger partial charge on any atom is -0.469 e. The number of nitrogens with one attached hydrogen (secondary N) is 1. The van der Waals surface area contributed by atoms with Crippen LogP contribution in [0, 0.1) is 6.92 Å². The van der Waals surface area contributed by atoms with Gasteiger partial charge in [0.25, 0.3) is 0 Å². The second-order valence-corrected chi connectivity index (χ2v) is 5.76. The number of hydrogen-bond donors (Lipinski definition) is 1. The molecule has 134 valence electrons. The van der Waals surface area contributed by atoms with Crippen LogP contribution in [0.3, 0.4) is 0 Å². The first-order valence-electron chi connectivity index (χ1n) is 8.10. The second kappa shape index (κ2) is 7.94. The molecular weight excluding hydrogens is 324 g/mol. The molecule has 2 amide bonds. The molecule has 0 fully saturated rings. The number of rotatable bonds is 7. The summed E-state index contributed by atoms with van der Waals surface area (Å²) in [6.45, 7) is 3.93. The third-order valence-corrected chi connectivity index (χ3v) is 4.06. The van der Waals surface area contributed by atoms with E-state index in [0.29, 0.717) is 32.0 Å². The van der Waals surface area contributed by atoms with Crippen molar-refractivity contribution in [3.8, 4) is 11.5 Å². The normalized spacial score (nSPS) is 12.2. The molecular formula is C18H22N2O5. The van der Waals surface area contributed by atoms with Crippen molar-refractivity contribution < 1.29 is 23.4 Å². The molecule has 0 bridgehead atoms. The van der Waals surface area contributed by atoms with E-state index >= 15 is 0 Å². The molecule has 2 aromatic rings. The Balaban J connectivity index is 1.64. The van der Waals surface area contributed by atoms with Gasteiger partial charge in [0.05, 0.1) is 12.9 Å². The zero-order valence-electron chi connectivity index (χ0n) is 14.4. The van der Waals surface area contributed by atoms with Crippen LogP contribution < -0.4 is 14.8 Å². The molecule has 1 N–H and O–H groups in total. The topological polar surface area (TPSA) is 73.2 Å². The van der Waals surface area contributed by atoms with Crippen molar-refractivity contribution in [1.82, 2.24) is 10.2 Å². The second-order valence-electron chi connectivity index (χ2n) is 5.76. The first-order valence-corrected chi connectivity index (χ1v) is 8.10. The van der Waals surface area contributed by atoms with Gasteiger partial charge in [-0.1, -0.05) is 6.07 Å². The fraction of sp³-hybridized carbons (Fsp3) is 0.389. The maximum absolute atomic E-state index is 12.6. The Hall–Kier alpha value is -2.67. The number of aryl methyl sites for hydroxylation is 1. The summed E-state index contributed by atoms with van der Waals surface area (Å²) in [5, 5.41) is 2.92. The molecule has 0 atom stereocenters. The Morgan fingerprint density at radius 1 is 1.28 bits per heavy atom. The molecule has 7 heteroatoms. The van der Waals surface area contributed by atoms with Crippen molar-refractivity contribution in [3.05, 3.63) is 47.4 Å². The molecule has 0 aliphatic carbocycles. The molecule has 1 aliphatic heterocycles. The molecule has 1 aromatic carbocycles. The van der Waals surface area contributed by atoms with Crippen LogP contribution in [0.4, 0.5) is 4.79 Å². The fourth-order valence-corrected chi connectivity index (χ4v) is 2.59. The number of nitrogens with zero attached hydrogens (tertiary/aromatic N) is 1. The number of benzene rings is 1. The van der Waals surface area contributed by atoms with E-state index in [4.69, 9.17) is 18.6 Å². The maximum atomic E-state index is 12.6. The number of carbonyl (C=O) groups excluding carboxylic acids is 1. The average molecular weight is 346 g/mol. The van der Waals surface area contributed by atoms with Gasteiger partial charge < -0.3 is 28.8 Å². The highest BCUT2D eigenvalue weighted by molar-refractivity contribution is 5.74. The summed E-state index contributed by atoms with van der Waals surface area (Å²) in [5.41, 5.74) is 1.93. The molecule has 1 aliphatic rings. The smallest absolute Gasteiger partial charge is 0.318 e. The van der Waals surface area contributed by atoms with Crippen LogP contribution in [0.5, 0.6) is 11.5 Å². The standard InChI is InChI=1S/C18H22N2O5/c1-13-15(5-7-23-13)10-19-18(21)20(6-8-22-2)11-14-3-4-16-17(9-14)25-12-24-16/h3-5,7,9H,6,8,10-12H2,1-2H3,(H,19,21). The lowest BCUT2D eigenvalue weighted by molar-refractivity contribution is 0.146. The number of hydrogen-bond acceptors (Lipinski definition) is 5. The molecule has 1 aromatic heterocycles. The molecule has 25 heavy (non-hydrogen) atoms. The van der Waals surface area contributed by atoms with E-state index in [1.807, 2.05) is 31.2 Å². The van der Waals surface area contributed by atoms with Gasteiger partial charge in [-0.3, -0.25) is 0 Å². The van der Waals surface area contributed by atoms with Crippen LogP contribution in [0.25, 0.3) is 0 Å². The number of methoxy groups -OCH3 is 1. The lowest BCUT2D eigenvalue weighted by Gasteiger charge is -2.23. The van der Waals surface area contributed by atoms with E-state index in [1.165, 1.54) is 0 Å². The fourth-order valence-electron chi connectivity index (χ4n) is 2.59. The van der Waals surface area contributed by atoms with Gasteiger partial charge in [-0.2, -0.15) is 0 Å². The number of amides is 2. The third-order valence-electron chi connectivity index (χ3n) is 4.06. The van der Waals surface area contributed by atoms with Crippen molar-refractivity contribution >= 4 is 6.03 Å². The summed E-state index contributed by atoms with van der Waals surface area (Å²) in [7, 11) is 1.62. The van der Waals surface area contributed by atoms with Crippen molar-refractivity contribution in [1.29, 1.82) is 0 Å². The maximum Gasteiger partial charge on any atom is 0.318 e. The number of carbonyl (C=O) groups is 1. The van der Waals surface area contributed by atoms with Gasteiger partial charge in [0.15, 0.2) is 11.5 Å². The van der Waals surface area contributed by atoms with Gasteiger partial charge in [-0.15, -0.1) is 0 Å². The van der Waals surface area contributed by atoms with Crippen LogP contribution in [0.2, 0.25) is 0 Å². The van der Waals surface area contributed by atoms with E-state index in [1.54, 1.807) is 18.3 Å². The van der Waals surface area contributed by atoms with E-state index < -0.39 is 0 Å². The highest BCUT2D eigenvalue weighted by Crippen LogP contribution is 2.32. The number of furan rings is 1. The summed E-state index contributed by atoms with van der Waals surface area (Å²) in [4.78, 5) is 14.3. The molecule has 2 heterocycles. The number of urea groups is 1. The van der Waals surface area contributed by atoms with Crippen molar-refractivity contribution in [2.75, 3.05) is 27.1 Å². The predicted octanol–water partition coefficient (Wildman–Crippen LogP) is 2.67. The van der Waals surface area contributed by atoms with Crippen LogP contribution in [-0.4, -0.2) is 38.0 Å². The number of ether oxygens (including phenoxy) is 3. The van der Waals surface area contributed by atoms with Gasteiger partial charge in [0, 0.05) is 32.3 Å². The van der Waals surface area contributed by atoms with Gasteiger partial charge in [0.2, 0.25) is 6.79 Å². The van der Waals surface area contributed by atoms with Gasteiger partial charge >= 0.3 is 6.03 Å². The van der Waals surface area contributed by atoms with E-state index in [9.17, 15) is 4.79 Å². The molecule has 3 rings (SSSR count). The summed E-state index contributed by atoms with van der Waals surface area (Å²) in [6, 6.07) is 7.39. The monoisotopic (exact) mass is 346 g/mol. The summed E-state index contributed by atoms with van der Waals surface area (Å²) in [6.07, 6.45) is 1.62. The average Bonchev–Trinajstić information content (AvgIpc) is 3.24. The van der Waals surface area contributed by atoms with E-state index in [-0.39, 0.29) is 12.8 Å². The van der Waals surface area contributed by atoms with Gasteiger partial charge in [-0.25, -0.2) is 4.79 Å². The van der Waals surface area contributed by atoms with Crippen LogP contribution in [0.15, 0.2) is 34.9 Å². The highest BCUT2D eigenvalue weighted by atomic mass is 16.7. The molecule has 0 saturated heterocycles. The Morgan fingerprint density at radius 2 is 2.12 bits per heavy atom. The Labute approximate surface area is 146 Å². The molecule has 7 nitrogen and oxygen atoms in total. The van der Waals surface area contributed by atoms with Crippen molar-refractivity contribution in [3.63, 3.8) is 0 Å². The zero-order valence-corrected chi connectivity index (χ0v) is 14.4. The van der Waals surface area contributed by atoms with Crippen LogP contribution in [0.1, 0.15) is 16.9 Å².